The summed E-state index contributed by atoms with van der Waals surface area (Å²) in [6.45, 7) is 0. The summed E-state index contributed by atoms with van der Waals surface area (Å²) in [7, 11) is 3.64. The van der Waals surface area contributed by atoms with Gasteiger partial charge in [-0.1, -0.05) is 12.8 Å². The molecule has 2 fully saturated rings. The van der Waals surface area contributed by atoms with E-state index in [-0.39, 0.29) is 6.04 Å². The number of ether oxygens (including phenoxy) is 1. The minimum absolute atomic E-state index is 0.0885. The van der Waals surface area contributed by atoms with Crippen LogP contribution in [0.5, 0.6) is 5.75 Å². The second-order valence-electron chi connectivity index (χ2n) is 5.44. The van der Waals surface area contributed by atoms with Gasteiger partial charge in [0, 0.05) is 7.05 Å². The van der Waals surface area contributed by atoms with E-state index in [4.69, 9.17) is 10.5 Å². The molecule has 1 aromatic heterocycles. The zero-order valence-corrected chi connectivity index (χ0v) is 10.6. The number of fused-ring (bicyclic) bond motifs is 1. The highest BCUT2D eigenvalue weighted by molar-refractivity contribution is 5.30. The zero-order valence-electron chi connectivity index (χ0n) is 10.6. The fourth-order valence-corrected chi connectivity index (χ4v) is 3.73. The summed E-state index contributed by atoms with van der Waals surface area (Å²) in [4.78, 5) is 0. The standard InChI is InChI=1S/C13H21N3O/c1-16-13(10(17-2)7-15-16)12(14)11-8-5-3-4-6-9(8)11/h7-9,11-12H,3-6,14H2,1-2H3. The number of rotatable bonds is 3. The number of nitrogens with two attached hydrogens (primary N) is 1. The lowest BCUT2D eigenvalue weighted by Crippen LogP contribution is -2.19. The molecule has 3 unspecified atom stereocenters. The van der Waals surface area contributed by atoms with Gasteiger partial charge in [-0.25, -0.2) is 0 Å². The second-order valence-corrected chi connectivity index (χ2v) is 5.44. The van der Waals surface area contributed by atoms with Crippen LogP contribution < -0.4 is 10.5 Å². The van der Waals surface area contributed by atoms with Crippen LogP contribution >= 0.6 is 0 Å². The minimum Gasteiger partial charge on any atom is -0.493 e. The molecule has 0 bridgehead atoms. The lowest BCUT2D eigenvalue weighted by Gasteiger charge is -2.14. The van der Waals surface area contributed by atoms with Crippen LogP contribution in [-0.4, -0.2) is 16.9 Å². The first-order chi connectivity index (χ1) is 8.24. The lowest BCUT2D eigenvalue weighted by atomic mass is 10.0. The van der Waals surface area contributed by atoms with Gasteiger partial charge in [0.2, 0.25) is 0 Å². The predicted molar refractivity (Wildman–Crippen MR) is 65.6 cm³/mol. The Morgan fingerprint density at radius 2 is 2.06 bits per heavy atom. The highest BCUT2D eigenvalue weighted by Gasteiger charge is 2.54. The van der Waals surface area contributed by atoms with Crippen LogP contribution in [0.3, 0.4) is 0 Å². The predicted octanol–water partition coefficient (Wildman–Crippen LogP) is 1.86. The molecule has 4 nitrogen and oxygen atoms in total. The number of hydrogen-bond acceptors (Lipinski definition) is 3. The molecule has 0 saturated heterocycles. The van der Waals surface area contributed by atoms with Crippen LogP contribution in [0.4, 0.5) is 0 Å². The number of aryl methyl sites for hydroxylation is 1. The summed E-state index contributed by atoms with van der Waals surface area (Å²) in [5.41, 5.74) is 7.50. The summed E-state index contributed by atoms with van der Waals surface area (Å²) >= 11 is 0. The van der Waals surface area contributed by atoms with Crippen molar-refractivity contribution in [2.24, 2.45) is 30.5 Å². The van der Waals surface area contributed by atoms with Crippen LogP contribution in [0, 0.1) is 17.8 Å². The quantitative estimate of drug-likeness (QED) is 0.870. The second kappa shape index (κ2) is 4.02. The molecule has 1 aromatic rings. The minimum atomic E-state index is 0.0885. The molecular formula is C13H21N3O. The van der Waals surface area contributed by atoms with Gasteiger partial charge in [-0.2, -0.15) is 5.10 Å². The SMILES string of the molecule is COc1cnn(C)c1C(N)C1C2CCCCC21. The van der Waals surface area contributed by atoms with Crippen molar-refractivity contribution in [1.82, 2.24) is 9.78 Å². The third kappa shape index (κ3) is 1.66. The Bertz CT molecular complexity index is 403. The molecule has 2 aliphatic rings. The molecule has 0 radical (unpaired) electrons. The van der Waals surface area contributed by atoms with E-state index < -0.39 is 0 Å². The highest BCUT2D eigenvalue weighted by atomic mass is 16.5. The van der Waals surface area contributed by atoms with Crippen LogP contribution in [-0.2, 0) is 7.05 Å². The van der Waals surface area contributed by atoms with Crippen LogP contribution in [0.1, 0.15) is 37.4 Å². The fourth-order valence-electron chi connectivity index (χ4n) is 3.73. The van der Waals surface area contributed by atoms with E-state index in [1.54, 1.807) is 13.3 Å². The van der Waals surface area contributed by atoms with Crippen molar-refractivity contribution in [3.63, 3.8) is 0 Å². The summed E-state index contributed by atoms with van der Waals surface area (Å²) in [6, 6.07) is 0.0885. The molecule has 17 heavy (non-hydrogen) atoms. The van der Waals surface area contributed by atoms with Gasteiger partial charge >= 0.3 is 0 Å². The zero-order chi connectivity index (χ0) is 12.0. The molecule has 0 amide bonds. The lowest BCUT2D eigenvalue weighted by molar-refractivity contribution is 0.396. The van der Waals surface area contributed by atoms with Crippen molar-refractivity contribution in [3.05, 3.63) is 11.9 Å². The average molecular weight is 235 g/mol. The number of methoxy groups -OCH3 is 1. The summed E-state index contributed by atoms with van der Waals surface area (Å²) in [5.74, 6) is 3.21. The first-order valence-corrected chi connectivity index (χ1v) is 6.55. The summed E-state index contributed by atoms with van der Waals surface area (Å²) < 4.78 is 7.22. The Labute approximate surface area is 102 Å². The number of aromatic nitrogens is 2. The Hall–Kier alpha value is -1.03. The Balaban J connectivity index is 1.82. The normalized spacial score (nSPS) is 33.0. The molecule has 3 rings (SSSR count). The topological polar surface area (TPSA) is 53.1 Å². The van der Waals surface area contributed by atoms with Gasteiger partial charge in [0.25, 0.3) is 0 Å². The van der Waals surface area contributed by atoms with Crippen molar-refractivity contribution >= 4 is 0 Å². The van der Waals surface area contributed by atoms with Crippen molar-refractivity contribution in [1.29, 1.82) is 0 Å². The largest absolute Gasteiger partial charge is 0.493 e. The van der Waals surface area contributed by atoms with E-state index >= 15 is 0 Å². The van der Waals surface area contributed by atoms with Gasteiger partial charge in [0.15, 0.2) is 5.75 Å². The van der Waals surface area contributed by atoms with Crippen LogP contribution in [0.15, 0.2) is 6.20 Å². The molecule has 3 atom stereocenters. The van der Waals surface area contributed by atoms with Crippen molar-refractivity contribution in [2.45, 2.75) is 31.7 Å². The third-order valence-corrected chi connectivity index (χ3v) is 4.62. The monoisotopic (exact) mass is 235 g/mol. The first kappa shape index (κ1) is 11.1. The number of hydrogen-bond donors (Lipinski definition) is 1. The van der Waals surface area contributed by atoms with Crippen molar-refractivity contribution in [2.75, 3.05) is 7.11 Å². The molecule has 2 saturated carbocycles. The first-order valence-electron chi connectivity index (χ1n) is 6.55. The maximum absolute atomic E-state index is 6.44. The molecule has 0 aromatic carbocycles. The van der Waals surface area contributed by atoms with Gasteiger partial charge in [-0.05, 0) is 30.6 Å². The molecule has 2 N–H and O–H groups in total. The van der Waals surface area contributed by atoms with Crippen LogP contribution in [0.25, 0.3) is 0 Å². The Morgan fingerprint density at radius 3 is 2.65 bits per heavy atom. The fraction of sp³-hybridized carbons (Fsp3) is 0.769. The Morgan fingerprint density at radius 1 is 1.41 bits per heavy atom. The molecule has 1 heterocycles. The number of nitrogens with zero attached hydrogens (tertiary/aromatic N) is 2. The van der Waals surface area contributed by atoms with E-state index in [0.29, 0.717) is 5.92 Å². The van der Waals surface area contributed by atoms with Gasteiger partial charge in [-0.3, -0.25) is 4.68 Å². The van der Waals surface area contributed by atoms with E-state index in [1.807, 2.05) is 11.7 Å². The van der Waals surface area contributed by atoms with Gasteiger partial charge in [-0.15, -0.1) is 0 Å². The van der Waals surface area contributed by atoms with Gasteiger partial charge in [0.1, 0.15) is 0 Å². The van der Waals surface area contributed by atoms with Crippen LogP contribution in [0.2, 0.25) is 0 Å². The summed E-state index contributed by atoms with van der Waals surface area (Å²) in [5, 5.41) is 4.25. The highest BCUT2D eigenvalue weighted by Crippen LogP contribution is 2.60. The molecule has 2 aliphatic carbocycles. The van der Waals surface area contributed by atoms with E-state index in [1.165, 1.54) is 25.7 Å². The van der Waals surface area contributed by atoms with E-state index in [0.717, 1.165) is 23.3 Å². The van der Waals surface area contributed by atoms with Gasteiger partial charge < -0.3 is 10.5 Å². The van der Waals surface area contributed by atoms with Gasteiger partial charge in [0.05, 0.1) is 25.0 Å². The molecule has 4 heteroatoms. The van der Waals surface area contributed by atoms with E-state index in [2.05, 4.69) is 5.10 Å². The van der Waals surface area contributed by atoms with Crippen molar-refractivity contribution < 1.29 is 4.74 Å². The smallest absolute Gasteiger partial charge is 0.161 e. The maximum atomic E-state index is 6.44. The average Bonchev–Trinajstić information content (AvgIpc) is 2.96. The molecular weight excluding hydrogens is 214 g/mol. The maximum Gasteiger partial charge on any atom is 0.161 e. The molecule has 94 valence electrons. The molecule has 0 spiro atoms. The summed E-state index contributed by atoms with van der Waals surface area (Å²) in [6.07, 6.45) is 7.26. The third-order valence-electron chi connectivity index (χ3n) is 4.62. The van der Waals surface area contributed by atoms with Crippen molar-refractivity contribution in [3.8, 4) is 5.75 Å². The Kier molecular flexibility index (Phi) is 2.62. The van der Waals surface area contributed by atoms with E-state index in [9.17, 15) is 0 Å². The molecule has 0 aliphatic heterocycles.